The summed E-state index contributed by atoms with van der Waals surface area (Å²) in [6.07, 6.45) is 2.13. The van der Waals surface area contributed by atoms with Crippen LogP contribution in [0.3, 0.4) is 0 Å². The van der Waals surface area contributed by atoms with Crippen molar-refractivity contribution in [2.75, 3.05) is 6.61 Å². The number of hydrogen-bond acceptors (Lipinski definition) is 4. The standard InChI is InChI=1S/C14H14BrNO3/c15-12-7-11(9-18)14(16-8-12)19-13-4-2-1-3-10(13)5-6-17/h1-4,7-8,17-18H,5-6,9H2. The third-order valence-electron chi connectivity index (χ3n) is 2.62. The molecule has 0 bridgehead atoms. The molecule has 2 N–H and O–H groups in total. The maximum atomic E-state index is 9.31. The summed E-state index contributed by atoms with van der Waals surface area (Å²) in [6.45, 7) is -0.0923. The van der Waals surface area contributed by atoms with Crippen LogP contribution in [0.5, 0.6) is 11.6 Å². The maximum Gasteiger partial charge on any atom is 0.224 e. The fourth-order valence-electron chi connectivity index (χ4n) is 1.71. The Morgan fingerprint density at radius 2 is 1.95 bits per heavy atom. The largest absolute Gasteiger partial charge is 0.438 e. The molecule has 0 aliphatic heterocycles. The number of hydrogen-bond donors (Lipinski definition) is 2. The molecule has 0 fully saturated rings. The summed E-state index contributed by atoms with van der Waals surface area (Å²) >= 11 is 3.30. The van der Waals surface area contributed by atoms with Gasteiger partial charge in [-0.15, -0.1) is 0 Å². The number of aliphatic hydroxyl groups excluding tert-OH is 2. The van der Waals surface area contributed by atoms with Gasteiger partial charge in [-0.2, -0.15) is 0 Å². The summed E-state index contributed by atoms with van der Waals surface area (Å²) in [5.41, 5.74) is 1.51. The Kier molecular flexibility index (Phi) is 4.90. The smallest absolute Gasteiger partial charge is 0.224 e. The quantitative estimate of drug-likeness (QED) is 0.888. The Hall–Kier alpha value is -1.43. The molecule has 1 heterocycles. The van der Waals surface area contributed by atoms with Gasteiger partial charge in [0.05, 0.1) is 6.61 Å². The molecule has 0 unspecified atom stereocenters. The predicted octanol–water partition coefficient (Wildman–Crippen LogP) is 2.66. The molecule has 5 heteroatoms. The summed E-state index contributed by atoms with van der Waals surface area (Å²) in [5, 5.41) is 18.3. The van der Waals surface area contributed by atoms with Crippen molar-refractivity contribution in [3.05, 3.63) is 52.1 Å². The van der Waals surface area contributed by atoms with Crippen molar-refractivity contribution >= 4 is 15.9 Å². The van der Waals surface area contributed by atoms with Gasteiger partial charge in [0.1, 0.15) is 5.75 Å². The lowest BCUT2D eigenvalue weighted by atomic mass is 10.1. The highest BCUT2D eigenvalue weighted by Crippen LogP contribution is 2.28. The van der Waals surface area contributed by atoms with E-state index in [9.17, 15) is 5.11 Å². The van der Waals surface area contributed by atoms with Crippen molar-refractivity contribution < 1.29 is 14.9 Å². The topological polar surface area (TPSA) is 62.6 Å². The highest BCUT2D eigenvalue weighted by molar-refractivity contribution is 9.10. The van der Waals surface area contributed by atoms with Crippen LogP contribution in [-0.4, -0.2) is 21.8 Å². The number of benzene rings is 1. The molecule has 1 aromatic heterocycles. The van der Waals surface area contributed by atoms with Gasteiger partial charge in [0, 0.05) is 22.8 Å². The van der Waals surface area contributed by atoms with Crippen LogP contribution in [0.25, 0.3) is 0 Å². The minimum Gasteiger partial charge on any atom is -0.438 e. The van der Waals surface area contributed by atoms with Crippen molar-refractivity contribution in [2.45, 2.75) is 13.0 Å². The molecule has 0 saturated heterocycles. The molecular formula is C14H14BrNO3. The second kappa shape index (κ2) is 6.65. The third-order valence-corrected chi connectivity index (χ3v) is 3.06. The zero-order valence-electron chi connectivity index (χ0n) is 10.2. The number of ether oxygens (including phenoxy) is 1. The van der Waals surface area contributed by atoms with Crippen LogP contribution in [0.15, 0.2) is 41.0 Å². The van der Waals surface area contributed by atoms with Crippen LogP contribution in [0.1, 0.15) is 11.1 Å². The lowest BCUT2D eigenvalue weighted by molar-refractivity contribution is 0.274. The van der Waals surface area contributed by atoms with E-state index in [1.165, 1.54) is 0 Å². The summed E-state index contributed by atoms with van der Waals surface area (Å²) in [7, 11) is 0. The van der Waals surface area contributed by atoms with Gasteiger partial charge < -0.3 is 14.9 Å². The van der Waals surface area contributed by atoms with Crippen LogP contribution >= 0.6 is 15.9 Å². The molecule has 4 nitrogen and oxygen atoms in total. The SMILES string of the molecule is OCCc1ccccc1Oc1ncc(Br)cc1CO. The van der Waals surface area contributed by atoms with Gasteiger partial charge >= 0.3 is 0 Å². The first-order valence-electron chi connectivity index (χ1n) is 5.86. The highest BCUT2D eigenvalue weighted by atomic mass is 79.9. The van der Waals surface area contributed by atoms with Crippen LogP contribution in [-0.2, 0) is 13.0 Å². The third kappa shape index (κ3) is 3.53. The van der Waals surface area contributed by atoms with Crippen molar-refractivity contribution in [3.8, 4) is 11.6 Å². The Morgan fingerprint density at radius 1 is 1.16 bits per heavy atom. The van der Waals surface area contributed by atoms with Gasteiger partial charge in [-0.3, -0.25) is 0 Å². The van der Waals surface area contributed by atoms with E-state index in [0.717, 1.165) is 10.0 Å². The van der Waals surface area contributed by atoms with Crippen LogP contribution < -0.4 is 4.74 Å². The number of halogens is 1. The van der Waals surface area contributed by atoms with Crippen LogP contribution in [0.4, 0.5) is 0 Å². The second-order valence-electron chi connectivity index (χ2n) is 3.96. The van der Waals surface area contributed by atoms with E-state index in [2.05, 4.69) is 20.9 Å². The van der Waals surface area contributed by atoms with E-state index >= 15 is 0 Å². The average Bonchev–Trinajstić information content (AvgIpc) is 2.43. The van der Waals surface area contributed by atoms with E-state index < -0.39 is 0 Å². The zero-order valence-corrected chi connectivity index (χ0v) is 11.8. The number of pyridine rings is 1. The predicted molar refractivity (Wildman–Crippen MR) is 75.2 cm³/mol. The first kappa shape index (κ1) is 14.0. The minimum atomic E-state index is -0.149. The van der Waals surface area contributed by atoms with Crippen molar-refractivity contribution in [1.29, 1.82) is 0 Å². The number of aliphatic hydroxyl groups is 2. The van der Waals surface area contributed by atoms with Gasteiger partial charge in [-0.25, -0.2) is 4.98 Å². The molecule has 0 saturated carbocycles. The molecule has 19 heavy (non-hydrogen) atoms. The van der Waals surface area contributed by atoms with E-state index in [-0.39, 0.29) is 13.2 Å². The van der Waals surface area contributed by atoms with Gasteiger partial charge in [-0.05, 0) is 40.0 Å². The first-order chi connectivity index (χ1) is 9.24. The maximum absolute atomic E-state index is 9.31. The van der Waals surface area contributed by atoms with Gasteiger partial charge in [0.15, 0.2) is 0 Å². The van der Waals surface area contributed by atoms with Crippen LogP contribution in [0.2, 0.25) is 0 Å². The fourth-order valence-corrected chi connectivity index (χ4v) is 2.09. The van der Waals surface area contributed by atoms with E-state index in [0.29, 0.717) is 23.6 Å². The molecular weight excluding hydrogens is 310 g/mol. The van der Waals surface area contributed by atoms with Crippen LogP contribution in [0, 0.1) is 0 Å². The molecule has 100 valence electrons. The number of para-hydroxylation sites is 1. The van der Waals surface area contributed by atoms with Crippen molar-refractivity contribution in [2.24, 2.45) is 0 Å². The molecule has 1 aromatic carbocycles. The summed E-state index contributed by atoms with van der Waals surface area (Å²) < 4.78 is 6.52. The summed E-state index contributed by atoms with van der Waals surface area (Å²) in [4.78, 5) is 4.15. The lowest BCUT2D eigenvalue weighted by Crippen LogP contribution is -1.99. The molecule has 0 radical (unpaired) electrons. The molecule has 2 aromatic rings. The molecule has 0 aliphatic carbocycles. The molecule has 0 atom stereocenters. The molecule has 0 aliphatic rings. The Balaban J connectivity index is 2.30. The van der Waals surface area contributed by atoms with Crippen molar-refractivity contribution in [3.63, 3.8) is 0 Å². The monoisotopic (exact) mass is 323 g/mol. The van der Waals surface area contributed by atoms with Crippen molar-refractivity contribution in [1.82, 2.24) is 4.98 Å². The second-order valence-corrected chi connectivity index (χ2v) is 4.87. The Bertz CT molecular complexity index is 560. The zero-order chi connectivity index (χ0) is 13.7. The Morgan fingerprint density at radius 3 is 2.68 bits per heavy atom. The van der Waals surface area contributed by atoms with E-state index in [1.54, 1.807) is 12.3 Å². The van der Waals surface area contributed by atoms with Gasteiger partial charge in [0.25, 0.3) is 0 Å². The first-order valence-corrected chi connectivity index (χ1v) is 6.65. The minimum absolute atomic E-state index is 0.0565. The number of nitrogens with zero attached hydrogens (tertiary/aromatic N) is 1. The fraction of sp³-hybridized carbons (Fsp3) is 0.214. The number of rotatable bonds is 5. The molecule has 0 amide bonds. The van der Waals surface area contributed by atoms with Gasteiger partial charge in [-0.1, -0.05) is 18.2 Å². The summed E-state index contributed by atoms with van der Waals surface area (Å²) in [6, 6.07) is 9.21. The highest BCUT2D eigenvalue weighted by Gasteiger charge is 2.09. The number of aromatic nitrogens is 1. The van der Waals surface area contributed by atoms with E-state index in [1.807, 2.05) is 24.3 Å². The normalized spacial score (nSPS) is 10.5. The Labute approximate surface area is 119 Å². The van der Waals surface area contributed by atoms with Gasteiger partial charge in [0.2, 0.25) is 5.88 Å². The molecule has 2 rings (SSSR count). The average molecular weight is 324 g/mol. The summed E-state index contributed by atoms with van der Waals surface area (Å²) in [5.74, 6) is 1.01. The lowest BCUT2D eigenvalue weighted by Gasteiger charge is -2.12. The van der Waals surface area contributed by atoms with E-state index in [4.69, 9.17) is 9.84 Å². The molecule has 0 spiro atoms.